The Morgan fingerprint density at radius 1 is 1.13 bits per heavy atom. The molecule has 0 radical (unpaired) electrons. The summed E-state index contributed by atoms with van der Waals surface area (Å²) in [6, 6.07) is 13.4. The van der Waals surface area contributed by atoms with Crippen LogP contribution in [0.3, 0.4) is 0 Å². The van der Waals surface area contributed by atoms with Gasteiger partial charge < -0.3 is 5.11 Å². The lowest BCUT2D eigenvalue weighted by molar-refractivity contribution is -0.136. The van der Waals surface area contributed by atoms with Crippen LogP contribution in [0.25, 0.3) is 16.8 Å². The van der Waals surface area contributed by atoms with Crippen molar-refractivity contribution in [2.75, 3.05) is 0 Å². The molecule has 3 aromatic rings. The maximum atomic E-state index is 13.0. The zero-order valence-corrected chi connectivity index (χ0v) is 13.5. The molecule has 0 bridgehead atoms. The Morgan fingerprint density at radius 3 is 2.39 bits per heavy atom. The van der Waals surface area contributed by atoms with Gasteiger partial charge in [-0.25, -0.2) is 9.07 Å². The van der Waals surface area contributed by atoms with E-state index in [0.29, 0.717) is 11.4 Å². The standard InChI is InChI=1S/C17H12BrFN2O2/c18-12-3-1-11(2-4-12)15-10-21(20-16(15)9-17(22)23)14-7-5-13(19)6-8-14/h1-8,10H,9H2,(H,22,23). The maximum absolute atomic E-state index is 13.0. The van der Waals surface area contributed by atoms with Crippen LogP contribution in [0, 0.1) is 5.82 Å². The van der Waals surface area contributed by atoms with Crippen LogP contribution in [0.1, 0.15) is 5.69 Å². The molecule has 1 heterocycles. The number of benzene rings is 2. The largest absolute Gasteiger partial charge is 0.481 e. The number of carbonyl (C=O) groups is 1. The number of halogens is 2. The quantitative estimate of drug-likeness (QED) is 0.748. The van der Waals surface area contributed by atoms with Crippen molar-refractivity contribution in [2.45, 2.75) is 6.42 Å². The molecule has 116 valence electrons. The number of carboxylic acids is 1. The smallest absolute Gasteiger partial charge is 0.309 e. The van der Waals surface area contributed by atoms with Crippen molar-refractivity contribution < 1.29 is 14.3 Å². The summed E-state index contributed by atoms with van der Waals surface area (Å²) in [5, 5.41) is 13.4. The van der Waals surface area contributed by atoms with E-state index < -0.39 is 5.97 Å². The first kappa shape index (κ1) is 15.4. The van der Waals surface area contributed by atoms with Crippen LogP contribution in [0.4, 0.5) is 4.39 Å². The summed E-state index contributed by atoms with van der Waals surface area (Å²) in [6.45, 7) is 0. The average Bonchev–Trinajstić information content (AvgIpc) is 2.92. The van der Waals surface area contributed by atoms with Crippen molar-refractivity contribution in [3.05, 3.63) is 70.7 Å². The van der Waals surface area contributed by atoms with Gasteiger partial charge in [0.15, 0.2) is 0 Å². The fourth-order valence-corrected chi connectivity index (χ4v) is 2.54. The topological polar surface area (TPSA) is 55.1 Å². The highest BCUT2D eigenvalue weighted by molar-refractivity contribution is 9.10. The molecule has 0 unspecified atom stereocenters. The molecule has 2 aromatic carbocycles. The van der Waals surface area contributed by atoms with Crippen LogP contribution in [-0.2, 0) is 11.2 Å². The van der Waals surface area contributed by atoms with Gasteiger partial charge in [-0.05, 0) is 42.0 Å². The number of nitrogens with zero attached hydrogens (tertiary/aromatic N) is 2. The van der Waals surface area contributed by atoms with Crippen molar-refractivity contribution in [1.82, 2.24) is 9.78 Å². The minimum atomic E-state index is -0.951. The second kappa shape index (κ2) is 6.34. The second-order valence-corrected chi connectivity index (χ2v) is 5.90. The number of hydrogen-bond acceptors (Lipinski definition) is 2. The van der Waals surface area contributed by atoms with E-state index in [1.165, 1.54) is 12.1 Å². The minimum absolute atomic E-state index is 0.181. The van der Waals surface area contributed by atoms with Gasteiger partial charge in [0.2, 0.25) is 0 Å². The Hall–Kier alpha value is -2.47. The highest BCUT2D eigenvalue weighted by Crippen LogP contribution is 2.26. The lowest BCUT2D eigenvalue weighted by Gasteiger charge is -2.00. The SMILES string of the molecule is O=C(O)Cc1nn(-c2ccc(F)cc2)cc1-c1ccc(Br)cc1. The Balaban J connectivity index is 2.08. The molecule has 0 fully saturated rings. The predicted molar refractivity (Wildman–Crippen MR) is 88.0 cm³/mol. The second-order valence-electron chi connectivity index (χ2n) is 4.99. The number of carboxylic acid groups (broad SMARTS) is 1. The first-order valence-corrected chi connectivity index (χ1v) is 7.64. The van der Waals surface area contributed by atoms with Gasteiger partial charge in [-0.3, -0.25) is 4.79 Å². The van der Waals surface area contributed by atoms with Gasteiger partial charge in [0.05, 0.1) is 17.8 Å². The highest BCUT2D eigenvalue weighted by atomic mass is 79.9. The van der Waals surface area contributed by atoms with Crippen LogP contribution in [-0.4, -0.2) is 20.9 Å². The average molecular weight is 375 g/mol. The normalized spacial score (nSPS) is 10.7. The van der Waals surface area contributed by atoms with E-state index in [1.54, 1.807) is 23.0 Å². The fourth-order valence-electron chi connectivity index (χ4n) is 2.28. The first-order valence-electron chi connectivity index (χ1n) is 6.85. The Morgan fingerprint density at radius 2 is 1.78 bits per heavy atom. The molecule has 23 heavy (non-hydrogen) atoms. The van der Waals surface area contributed by atoms with E-state index in [-0.39, 0.29) is 12.2 Å². The summed E-state index contributed by atoms with van der Waals surface area (Å²) >= 11 is 3.38. The summed E-state index contributed by atoms with van der Waals surface area (Å²) < 4.78 is 15.6. The number of aliphatic carboxylic acids is 1. The molecular weight excluding hydrogens is 363 g/mol. The molecule has 1 aromatic heterocycles. The predicted octanol–water partition coefficient (Wildman–Crippen LogP) is 4.07. The van der Waals surface area contributed by atoms with Gasteiger partial charge in [0.1, 0.15) is 5.82 Å². The molecule has 0 aliphatic rings. The monoisotopic (exact) mass is 374 g/mol. The molecule has 1 N–H and O–H groups in total. The summed E-state index contributed by atoms with van der Waals surface area (Å²) in [6.07, 6.45) is 1.58. The highest BCUT2D eigenvalue weighted by Gasteiger charge is 2.15. The third kappa shape index (κ3) is 3.48. The van der Waals surface area contributed by atoms with Crippen LogP contribution >= 0.6 is 15.9 Å². The third-order valence-electron chi connectivity index (χ3n) is 3.36. The van der Waals surface area contributed by atoms with Gasteiger partial charge in [0, 0.05) is 16.2 Å². The zero-order valence-electron chi connectivity index (χ0n) is 11.9. The molecular formula is C17H12BrFN2O2. The molecule has 0 aliphatic carbocycles. The summed E-state index contributed by atoms with van der Waals surface area (Å²) in [7, 11) is 0. The van der Waals surface area contributed by atoms with Crippen molar-refractivity contribution in [1.29, 1.82) is 0 Å². The molecule has 0 spiro atoms. The molecule has 0 saturated carbocycles. The summed E-state index contributed by atoms with van der Waals surface area (Å²) in [5.41, 5.74) is 2.74. The maximum Gasteiger partial charge on any atom is 0.309 e. The zero-order chi connectivity index (χ0) is 16.4. The van der Waals surface area contributed by atoms with Gasteiger partial charge in [0.25, 0.3) is 0 Å². The summed E-state index contributed by atoms with van der Waals surface area (Å²) in [5.74, 6) is -1.28. The van der Waals surface area contributed by atoms with Gasteiger partial charge >= 0.3 is 5.97 Å². The van der Waals surface area contributed by atoms with Gasteiger partial charge in [-0.15, -0.1) is 0 Å². The fraction of sp³-hybridized carbons (Fsp3) is 0.0588. The molecule has 0 amide bonds. The number of hydrogen-bond donors (Lipinski definition) is 1. The van der Waals surface area contributed by atoms with E-state index in [9.17, 15) is 9.18 Å². The van der Waals surface area contributed by atoms with Gasteiger partial charge in [-0.2, -0.15) is 5.10 Å². The van der Waals surface area contributed by atoms with E-state index >= 15 is 0 Å². The lowest BCUT2D eigenvalue weighted by Crippen LogP contribution is -2.03. The van der Waals surface area contributed by atoms with Crippen molar-refractivity contribution in [3.63, 3.8) is 0 Å². The van der Waals surface area contributed by atoms with Crippen LogP contribution in [0.5, 0.6) is 0 Å². The molecule has 6 heteroatoms. The number of rotatable bonds is 4. The van der Waals surface area contributed by atoms with E-state index in [2.05, 4.69) is 21.0 Å². The van der Waals surface area contributed by atoms with Crippen molar-refractivity contribution in [2.24, 2.45) is 0 Å². The third-order valence-corrected chi connectivity index (χ3v) is 3.88. The molecule has 4 nitrogen and oxygen atoms in total. The van der Waals surface area contributed by atoms with Crippen LogP contribution in [0.15, 0.2) is 59.2 Å². The van der Waals surface area contributed by atoms with Crippen molar-refractivity contribution >= 4 is 21.9 Å². The van der Waals surface area contributed by atoms with E-state index in [4.69, 9.17) is 5.11 Å². The minimum Gasteiger partial charge on any atom is -0.481 e. The molecule has 0 aliphatic heterocycles. The van der Waals surface area contributed by atoms with E-state index in [1.807, 2.05) is 24.3 Å². The molecule has 3 rings (SSSR count). The molecule has 0 atom stereocenters. The molecule has 0 saturated heterocycles. The van der Waals surface area contributed by atoms with Crippen LogP contribution in [0.2, 0.25) is 0 Å². The summed E-state index contributed by atoms with van der Waals surface area (Å²) in [4.78, 5) is 11.1. The number of aromatic nitrogens is 2. The van der Waals surface area contributed by atoms with E-state index in [0.717, 1.165) is 15.6 Å². The first-order chi connectivity index (χ1) is 11.0. The lowest BCUT2D eigenvalue weighted by atomic mass is 10.1. The van der Waals surface area contributed by atoms with Crippen molar-refractivity contribution in [3.8, 4) is 16.8 Å². The van der Waals surface area contributed by atoms with Gasteiger partial charge in [-0.1, -0.05) is 28.1 Å². The Labute approximate surface area is 140 Å². The van der Waals surface area contributed by atoms with Crippen LogP contribution < -0.4 is 0 Å². The Bertz CT molecular complexity index is 842. The Kier molecular flexibility index (Phi) is 4.25.